The Hall–Kier alpha value is -1.75. The lowest BCUT2D eigenvalue weighted by molar-refractivity contribution is 0.475. The first-order valence-corrected chi connectivity index (χ1v) is 3.26. The summed E-state index contributed by atoms with van der Waals surface area (Å²) in [5, 5.41) is 17.6. The maximum absolute atomic E-state index is 9.05. The number of fused-ring (bicyclic) bond motifs is 1. The average Bonchev–Trinajstić information content (AvgIpc) is 1.97. The van der Waals surface area contributed by atoms with Crippen LogP contribution in [-0.4, -0.2) is 5.11 Å². The zero-order valence-electron chi connectivity index (χ0n) is 5.70. The van der Waals surface area contributed by atoms with Gasteiger partial charge in [0.15, 0.2) is 0 Å². The van der Waals surface area contributed by atoms with Crippen LogP contribution in [0.15, 0.2) is 18.2 Å². The Bertz CT molecular complexity index is 385. The predicted molar refractivity (Wildman–Crippen MR) is 41.6 cm³/mol. The van der Waals surface area contributed by atoms with Gasteiger partial charge in [-0.1, -0.05) is 6.07 Å². The van der Waals surface area contributed by atoms with Gasteiger partial charge in [0.05, 0.1) is 11.6 Å². The van der Waals surface area contributed by atoms with E-state index in [0.29, 0.717) is 5.57 Å². The fraction of sp³-hybridized carbons (Fsp3) is 0. The Morgan fingerprint density at radius 1 is 1.36 bits per heavy atom. The molecule has 0 fully saturated rings. The topological polar surface area (TPSA) is 44.0 Å². The third-order valence-electron chi connectivity index (χ3n) is 1.75. The second-order valence-electron chi connectivity index (χ2n) is 2.44. The molecule has 2 heteroatoms. The minimum absolute atomic E-state index is 0.213. The van der Waals surface area contributed by atoms with Crippen molar-refractivity contribution in [2.45, 2.75) is 0 Å². The minimum atomic E-state index is 0.213. The second kappa shape index (κ2) is 1.86. The van der Waals surface area contributed by atoms with Crippen molar-refractivity contribution in [3.05, 3.63) is 29.3 Å². The van der Waals surface area contributed by atoms with Crippen molar-refractivity contribution < 1.29 is 5.11 Å². The van der Waals surface area contributed by atoms with Crippen molar-refractivity contribution in [3.8, 4) is 11.8 Å². The van der Waals surface area contributed by atoms with Crippen LogP contribution in [-0.2, 0) is 0 Å². The van der Waals surface area contributed by atoms with E-state index in [4.69, 9.17) is 10.4 Å². The molecule has 0 saturated carbocycles. The molecule has 0 unspecified atom stereocenters. The molecule has 0 heterocycles. The van der Waals surface area contributed by atoms with E-state index in [9.17, 15) is 0 Å². The highest BCUT2D eigenvalue weighted by atomic mass is 16.3. The van der Waals surface area contributed by atoms with Crippen LogP contribution in [0.3, 0.4) is 0 Å². The number of rotatable bonds is 0. The van der Waals surface area contributed by atoms with E-state index in [2.05, 4.69) is 0 Å². The molecule has 0 spiro atoms. The van der Waals surface area contributed by atoms with Crippen LogP contribution in [0.4, 0.5) is 0 Å². The number of nitriles is 1. The Labute approximate surface area is 64.0 Å². The van der Waals surface area contributed by atoms with Crippen molar-refractivity contribution in [1.82, 2.24) is 0 Å². The molecule has 0 amide bonds. The van der Waals surface area contributed by atoms with Crippen molar-refractivity contribution >= 4 is 11.6 Å². The summed E-state index contributed by atoms with van der Waals surface area (Å²) in [4.78, 5) is 0. The number of benzene rings is 1. The highest BCUT2D eigenvalue weighted by Gasteiger charge is 2.15. The lowest BCUT2D eigenvalue weighted by Gasteiger charge is -2.13. The smallest absolute Gasteiger partial charge is 0.116 e. The van der Waals surface area contributed by atoms with E-state index < -0.39 is 0 Å². The summed E-state index contributed by atoms with van der Waals surface area (Å²) in [6.45, 7) is 0. The number of phenolic OH excluding ortho intramolecular Hbond substituents is 1. The van der Waals surface area contributed by atoms with Gasteiger partial charge in [-0.3, -0.25) is 0 Å². The van der Waals surface area contributed by atoms with Crippen LogP contribution >= 0.6 is 0 Å². The molecule has 2 rings (SSSR count). The number of allylic oxidation sites excluding steroid dienone is 1. The number of aromatic hydroxyl groups is 1. The molecule has 1 aromatic rings. The third kappa shape index (κ3) is 0.714. The molecule has 0 aliphatic heterocycles. The fourth-order valence-corrected chi connectivity index (χ4v) is 1.15. The first kappa shape index (κ1) is 5.99. The molecule has 1 aliphatic carbocycles. The summed E-state index contributed by atoms with van der Waals surface area (Å²) < 4.78 is 0. The monoisotopic (exact) mass is 143 g/mol. The van der Waals surface area contributed by atoms with Crippen LogP contribution in [0.25, 0.3) is 11.6 Å². The summed E-state index contributed by atoms with van der Waals surface area (Å²) in [6, 6.07) is 7.05. The van der Waals surface area contributed by atoms with E-state index in [1.807, 2.05) is 6.07 Å². The summed E-state index contributed by atoms with van der Waals surface area (Å²) in [5.74, 6) is 0.213. The fourth-order valence-electron chi connectivity index (χ4n) is 1.15. The van der Waals surface area contributed by atoms with Crippen LogP contribution in [0.5, 0.6) is 5.75 Å². The lowest BCUT2D eigenvalue weighted by Crippen LogP contribution is -1.95. The van der Waals surface area contributed by atoms with Crippen LogP contribution < -0.4 is 0 Å². The van der Waals surface area contributed by atoms with Gasteiger partial charge in [-0.25, -0.2) is 0 Å². The van der Waals surface area contributed by atoms with Gasteiger partial charge in [-0.15, -0.1) is 0 Å². The zero-order chi connectivity index (χ0) is 7.84. The van der Waals surface area contributed by atoms with Gasteiger partial charge >= 0.3 is 0 Å². The van der Waals surface area contributed by atoms with Crippen molar-refractivity contribution in [1.29, 1.82) is 5.26 Å². The normalized spacial score (nSPS) is 12.5. The van der Waals surface area contributed by atoms with Gasteiger partial charge in [-0.05, 0) is 23.8 Å². The Morgan fingerprint density at radius 3 is 2.91 bits per heavy atom. The van der Waals surface area contributed by atoms with Crippen LogP contribution in [0.2, 0.25) is 0 Å². The molecule has 52 valence electrons. The van der Waals surface area contributed by atoms with Crippen molar-refractivity contribution in [2.75, 3.05) is 0 Å². The van der Waals surface area contributed by atoms with Gasteiger partial charge in [-0.2, -0.15) is 5.26 Å². The van der Waals surface area contributed by atoms with E-state index in [1.165, 1.54) is 0 Å². The highest BCUT2D eigenvalue weighted by molar-refractivity contribution is 6.02. The molecule has 0 bridgehead atoms. The summed E-state index contributed by atoms with van der Waals surface area (Å²) in [5.41, 5.74) is 2.53. The minimum Gasteiger partial charge on any atom is -0.508 e. The molecule has 0 saturated heterocycles. The quantitative estimate of drug-likeness (QED) is 0.601. The molecule has 0 aromatic heterocycles. The summed E-state index contributed by atoms with van der Waals surface area (Å²) in [7, 11) is 0. The average molecular weight is 143 g/mol. The summed E-state index contributed by atoms with van der Waals surface area (Å²) in [6.07, 6.45) is 1.80. The van der Waals surface area contributed by atoms with Crippen molar-refractivity contribution in [3.63, 3.8) is 0 Å². The standard InChI is InChI=1S/C9H5NO/c10-5-7-3-6-1-2-8(11)4-9(6)7/h1-4,11H. The molecule has 1 N–H and O–H groups in total. The molecular formula is C9H5NO. The Kier molecular flexibility index (Phi) is 1.02. The largest absolute Gasteiger partial charge is 0.508 e. The number of hydrogen-bond donors (Lipinski definition) is 1. The maximum Gasteiger partial charge on any atom is 0.116 e. The lowest BCUT2D eigenvalue weighted by atomic mass is 9.89. The Morgan fingerprint density at radius 2 is 2.18 bits per heavy atom. The molecule has 1 aromatic carbocycles. The van der Waals surface area contributed by atoms with Gasteiger partial charge in [0.2, 0.25) is 0 Å². The first-order chi connectivity index (χ1) is 5.31. The SMILES string of the molecule is N#CC1=Cc2ccc(O)cc21. The van der Waals surface area contributed by atoms with Gasteiger partial charge in [0.25, 0.3) is 0 Å². The molecule has 2 nitrogen and oxygen atoms in total. The number of phenols is 1. The molecule has 11 heavy (non-hydrogen) atoms. The van der Waals surface area contributed by atoms with E-state index in [0.717, 1.165) is 11.1 Å². The third-order valence-corrected chi connectivity index (χ3v) is 1.75. The predicted octanol–water partition coefficient (Wildman–Crippen LogP) is 1.77. The van der Waals surface area contributed by atoms with E-state index in [-0.39, 0.29) is 5.75 Å². The maximum atomic E-state index is 9.05. The summed E-state index contributed by atoms with van der Waals surface area (Å²) >= 11 is 0. The number of nitrogens with zero attached hydrogens (tertiary/aromatic N) is 1. The van der Waals surface area contributed by atoms with Gasteiger partial charge in [0, 0.05) is 5.56 Å². The molecule has 0 atom stereocenters. The van der Waals surface area contributed by atoms with Crippen LogP contribution in [0.1, 0.15) is 11.1 Å². The van der Waals surface area contributed by atoms with Gasteiger partial charge in [0.1, 0.15) is 5.75 Å². The highest BCUT2D eigenvalue weighted by Crippen LogP contribution is 2.33. The molecule has 1 aliphatic rings. The van der Waals surface area contributed by atoms with E-state index in [1.54, 1.807) is 24.3 Å². The van der Waals surface area contributed by atoms with E-state index >= 15 is 0 Å². The van der Waals surface area contributed by atoms with Crippen molar-refractivity contribution in [2.24, 2.45) is 0 Å². The molecule has 0 radical (unpaired) electrons. The van der Waals surface area contributed by atoms with Gasteiger partial charge < -0.3 is 5.11 Å². The van der Waals surface area contributed by atoms with Crippen LogP contribution in [0, 0.1) is 11.3 Å². The Balaban J connectivity index is 2.55. The second-order valence-corrected chi connectivity index (χ2v) is 2.44. The number of hydrogen-bond acceptors (Lipinski definition) is 2. The zero-order valence-corrected chi connectivity index (χ0v) is 5.70. The first-order valence-electron chi connectivity index (χ1n) is 3.26. The molecular weight excluding hydrogens is 138 g/mol.